The molecule has 1 aromatic rings. The van der Waals surface area contributed by atoms with Gasteiger partial charge in [-0.1, -0.05) is 0 Å². The molecule has 3 rings (SSSR count). The summed E-state index contributed by atoms with van der Waals surface area (Å²) in [7, 11) is 0. The zero-order valence-electron chi connectivity index (χ0n) is 10.3. The molecular formula is C11H18N6O. The van der Waals surface area contributed by atoms with Crippen LogP contribution in [0.25, 0.3) is 0 Å². The highest BCUT2D eigenvalue weighted by Gasteiger charge is 2.35. The van der Waals surface area contributed by atoms with Crippen LogP contribution in [0.15, 0.2) is 6.33 Å². The predicted octanol–water partition coefficient (Wildman–Crippen LogP) is -0.584. The van der Waals surface area contributed by atoms with Crippen LogP contribution in [0.4, 0.5) is 0 Å². The summed E-state index contributed by atoms with van der Waals surface area (Å²) < 4.78 is 1.49. The Kier molecular flexibility index (Phi) is 3.22. The van der Waals surface area contributed by atoms with Gasteiger partial charge < -0.3 is 10.2 Å². The third-order valence-corrected chi connectivity index (χ3v) is 3.87. The van der Waals surface area contributed by atoms with E-state index in [2.05, 4.69) is 20.8 Å². The van der Waals surface area contributed by atoms with Crippen molar-refractivity contribution in [3.05, 3.63) is 6.33 Å². The van der Waals surface area contributed by atoms with E-state index in [1.165, 1.54) is 23.9 Å². The fourth-order valence-electron chi connectivity index (χ4n) is 3.04. The van der Waals surface area contributed by atoms with Gasteiger partial charge >= 0.3 is 0 Å². The van der Waals surface area contributed by atoms with Crippen molar-refractivity contribution in [2.75, 3.05) is 13.1 Å². The average molecular weight is 250 g/mol. The molecule has 0 aromatic carbocycles. The smallest absolute Gasteiger partial charge is 0.244 e. The third kappa shape index (κ3) is 2.22. The zero-order chi connectivity index (χ0) is 12.4. The molecule has 2 saturated heterocycles. The number of likely N-dealkylation sites (tertiary alicyclic amines) is 1. The summed E-state index contributed by atoms with van der Waals surface area (Å²) in [5.74, 6) is 0.124. The van der Waals surface area contributed by atoms with Crippen LogP contribution in [0.3, 0.4) is 0 Å². The van der Waals surface area contributed by atoms with Gasteiger partial charge in [-0.05, 0) is 42.7 Å². The van der Waals surface area contributed by atoms with Crippen molar-refractivity contribution in [1.82, 2.24) is 30.4 Å². The fourth-order valence-corrected chi connectivity index (χ4v) is 3.04. The van der Waals surface area contributed by atoms with Crippen molar-refractivity contribution in [1.29, 1.82) is 0 Å². The number of carbonyl (C=O) groups is 1. The molecule has 1 N–H and O–H groups in total. The van der Waals surface area contributed by atoms with Gasteiger partial charge in [0.2, 0.25) is 5.91 Å². The molecule has 18 heavy (non-hydrogen) atoms. The van der Waals surface area contributed by atoms with E-state index < -0.39 is 0 Å². The number of tetrazole rings is 1. The van der Waals surface area contributed by atoms with Gasteiger partial charge in [-0.25, -0.2) is 4.68 Å². The Labute approximate surface area is 106 Å². The molecule has 3 heterocycles. The SMILES string of the molecule is O=C(Cn1cnnn1)N1CCCC1C1CCCN1. The molecule has 7 nitrogen and oxygen atoms in total. The van der Waals surface area contributed by atoms with E-state index in [1.807, 2.05) is 4.90 Å². The lowest BCUT2D eigenvalue weighted by Crippen LogP contribution is -2.47. The fraction of sp³-hybridized carbons (Fsp3) is 0.818. The minimum atomic E-state index is 0.124. The molecular weight excluding hydrogens is 232 g/mol. The van der Waals surface area contributed by atoms with Crippen LogP contribution in [-0.2, 0) is 11.3 Å². The number of carbonyl (C=O) groups excluding carboxylic acids is 1. The molecule has 0 radical (unpaired) electrons. The second-order valence-electron chi connectivity index (χ2n) is 5.01. The van der Waals surface area contributed by atoms with Crippen molar-refractivity contribution >= 4 is 5.91 Å². The van der Waals surface area contributed by atoms with Gasteiger partial charge in [0.1, 0.15) is 12.9 Å². The lowest BCUT2D eigenvalue weighted by atomic mass is 10.0. The van der Waals surface area contributed by atoms with Crippen molar-refractivity contribution in [3.8, 4) is 0 Å². The molecule has 2 unspecified atom stereocenters. The number of amides is 1. The van der Waals surface area contributed by atoms with E-state index in [0.29, 0.717) is 12.1 Å². The standard InChI is InChI=1S/C11H18N6O/c18-11(7-16-8-13-14-15-16)17-6-2-4-10(17)9-3-1-5-12-9/h8-10,12H,1-7H2. The minimum Gasteiger partial charge on any atom is -0.337 e. The molecule has 1 aromatic heterocycles. The van der Waals surface area contributed by atoms with Gasteiger partial charge in [-0.3, -0.25) is 4.79 Å². The lowest BCUT2D eigenvalue weighted by Gasteiger charge is -2.29. The maximum absolute atomic E-state index is 12.3. The summed E-state index contributed by atoms with van der Waals surface area (Å²) in [6, 6.07) is 0.835. The summed E-state index contributed by atoms with van der Waals surface area (Å²) in [6.07, 6.45) is 6.09. The maximum atomic E-state index is 12.3. The highest BCUT2D eigenvalue weighted by Crippen LogP contribution is 2.24. The van der Waals surface area contributed by atoms with E-state index in [9.17, 15) is 4.79 Å². The van der Waals surface area contributed by atoms with Crippen LogP contribution < -0.4 is 5.32 Å². The molecule has 2 atom stereocenters. The van der Waals surface area contributed by atoms with Crippen LogP contribution in [-0.4, -0.2) is 56.2 Å². The van der Waals surface area contributed by atoms with E-state index in [0.717, 1.165) is 25.9 Å². The number of nitrogens with one attached hydrogen (secondary N) is 1. The van der Waals surface area contributed by atoms with Gasteiger partial charge in [0.15, 0.2) is 0 Å². The highest BCUT2D eigenvalue weighted by molar-refractivity contribution is 5.76. The normalized spacial score (nSPS) is 27.9. The first kappa shape index (κ1) is 11.6. The van der Waals surface area contributed by atoms with E-state index >= 15 is 0 Å². The van der Waals surface area contributed by atoms with Crippen LogP contribution in [0, 0.1) is 0 Å². The average Bonchev–Trinajstić information content (AvgIpc) is 3.11. The Morgan fingerprint density at radius 1 is 1.39 bits per heavy atom. The Hall–Kier alpha value is -1.50. The molecule has 0 bridgehead atoms. The Morgan fingerprint density at radius 3 is 3.06 bits per heavy atom. The van der Waals surface area contributed by atoms with Crippen LogP contribution in [0.2, 0.25) is 0 Å². The van der Waals surface area contributed by atoms with Crippen LogP contribution in [0.1, 0.15) is 25.7 Å². The molecule has 2 aliphatic rings. The Bertz CT molecular complexity index is 400. The molecule has 2 fully saturated rings. The topological polar surface area (TPSA) is 75.9 Å². The van der Waals surface area contributed by atoms with Crippen LogP contribution in [0.5, 0.6) is 0 Å². The second kappa shape index (κ2) is 5.01. The summed E-state index contributed by atoms with van der Waals surface area (Å²) in [5.41, 5.74) is 0. The first-order valence-electron chi connectivity index (χ1n) is 6.58. The van der Waals surface area contributed by atoms with Gasteiger partial charge in [0.05, 0.1) is 0 Å². The minimum absolute atomic E-state index is 0.124. The summed E-state index contributed by atoms with van der Waals surface area (Å²) in [5, 5.41) is 14.3. The first-order chi connectivity index (χ1) is 8.84. The van der Waals surface area contributed by atoms with Gasteiger partial charge in [0, 0.05) is 18.6 Å². The van der Waals surface area contributed by atoms with Crippen molar-refractivity contribution in [2.45, 2.75) is 44.3 Å². The Balaban J connectivity index is 1.64. The summed E-state index contributed by atoms with van der Waals surface area (Å²) >= 11 is 0. The zero-order valence-corrected chi connectivity index (χ0v) is 10.3. The predicted molar refractivity (Wildman–Crippen MR) is 63.6 cm³/mol. The lowest BCUT2D eigenvalue weighted by molar-refractivity contribution is -0.133. The number of hydrogen-bond donors (Lipinski definition) is 1. The largest absolute Gasteiger partial charge is 0.337 e. The molecule has 0 saturated carbocycles. The van der Waals surface area contributed by atoms with Gasteiger partial charge in [-0.15, -0.1) is 5.10 Å². The molecule has 98 valence electrons. The van der Waals surface area contributed by atoms with Gasteiger partial charge in [-0.2, -0.15) is 0 Å². The van der Waals surface area contributed by atoms with Crippen molar-refractivity contribution < 1.29 is 4.79 Å². The molecule has 1 amide bonds. The summed E-state index contributed by atoms with van der Waals surface area (Å²) in [4.78, 5) is 14.3. The Morgan fingerprint density at radius 2 is 2.33 bits per heavy atom. The molecule has 2 aliphatic heterocycles. The van der Waals surface area contributed by atoms with E-state index in [1.54, 1.807) is 0 Å². The third-order valence-electron chi connectivity index (χ3n) is 3.87. The highest BCUT2D eigenvalue weighted by atomic mass is 16.2. The van der Waals surface area contributed by atoms with Crippen molar-refractivity contribution in [3.63, 3.8) is 0 Å². The summed E-state index contributed by atoms with van der Waals surface area (Å²) in [6.45, 7) is 2.19. The molecule has 0 spiro atoms. The van der Waals surface area contributed by atoms with E-state index in [-0.39, 0.29) is 12.5 Å². The van der Waals surface area contributed by atoms with E-state index in [4.69, 9.17) is 0 Å². The quantitative estimate of drug-likeness (QED) is 0.776. The number of aromatic nitrogens is 4. The van der Waals surface area contributed by atoms with Crippen molar-refractivity contribution in [2.24, 2.45) is 0 Å². The second-order valence-corrected chi connectivity index (χ2v) is 5.01. The number of rotatable bonds is 3. The molecule has 7 heteroatoms. The van der Waals surface area contributed by atoms with Gasteiger partial charge in [0.25, 0.3) is 0 Å². The molecule has 0 aliphatic carbocycles. The first-order valence-corrected chi connectivity index (χ1v) is 6.58. The number of hydrogen-bond acceptors (Lipinski definition) is 5. The monoisotopic (exact) mass is 250 g/mol. The number of nitrogens with zero attached hydrogens (tertiary/aromatic N) is 5. The van der Waals surface area contributed by atoms with Crippen LogP contribution >= 0.6 is 0 Å². The maximum Gasteiger partial charge on any atom is 0.244 e.